The maximum Gasteiger partial charge on any atom is 0.00104 e. The highest BCUT2D eigenvalue weighted by Crippen LogP contribution is 2.58. The minimum Gasteiger partial charge on any atom is -0.314 e. The van der Waals surface area contributed by atoms with Gasteiger partial charge in [-0.1, -0.05) is 20.3 Å². The van der Waals surface area contributed by atoms with Gasteiger partial charge >= 0.3 is 0 Å². The molecule has 1 nitrogen and oxygen atoms in total. The van der Waals surface area contributed by atoms with Crippen LogP contribution in [0.1, 0.15) is 46.0 Å². The van der Waals surface area contributed by atoms with E-state index in [1.165, 1.54) is 38.6 Å². The number of rotatable bonds is 3. The van der Waals surface area contributed by atoms with E-state index < -0.39 is 0 Å². The Morgan fingerprint density at radius 1 is 1.33 bits per heavy atom. The van der Waals surface area contributed by atoms with Gasteiger partial charge in [0.25, 0.3) is 0 Å². The second-order valence-corrected chi connectivity index (χ2v) is 5.19. The zero-order chi connectivity index (χ0) is 8.60. The fourth-order valence-corrected chi connectivity index (χ4v) is 2.80. The quantitative estimate of drug-likeness (QED) is 0.681. The summed E-state index contributed by atoms with van der Waals surface area (Å²) in [6.45, 7) is 5.73. The molecule has 2 rings (SSSR count). The number of hydrogen-bond acceptors (Lipinski definition) is 1. The molecule has 1 heteroatoms. The standard InChI is InChI=1S/C11H21N/c1-9(2)12-8-10-6-11(7-10)4-3-5-11/h9-10,12H,3-8H2,1-2H3. The van der Waals surface area contributed by atoms with Crippen LogP contribution in [-0.2, 0) is 0 Å². The first-order valence-corrected chi connectivity index (χ1v) is 5.44. The van der Waals surface area contributed by atoms with Crippen molar-refractivity contribution in [3.05, 3.63) is 0 Å². The van der Waals surface area contributed by atoms with Gasteiger partial charge in [-0.05, 0) is 43.6 Å². The summed E-state index contributed by atoms with van der Waals surface area (Å²) in [6.07, 6.45) is 7.61. The van der Waals surface area contributed by atoms with E-state index in [0.29, 0.717) is 6.04 Å². The number of nitrogens with one attached hydrogen (secondary N) is 1. The van der Waals surface area contributed by atoms with Crippen LogP contribution in [0.5, 0.6) is 0 Å². The maximum absolute atomic E-state index is 3.53. The van der Waals surface area contributed by atoms with Crippen LogP contribution >= 0.6 is 0 Å². The van der Waals surface area contributed by atoms with Gasteiger partial charge in [0.05, 0.1) is 0 Å². The molecule has 0 aromatic carbocycles. The van der Waals surface area contributed by atoms with Crippen molar-refractivity contribution < 1.29 is 0 Å². The van der Waals surface area contributed by atoms with Crippen molar-refractivity contribution in [1.82, 2.24) is 5.32 Å². The van der Waals surface area contributed by atoms with Crippen LogP contribution in [0.3, 0.4) is 0 Å². The van der Waals surface area contributed by atoms with Crippen molar-refractivity contribution in [3.63, 3.8) is 0 Å². The largest absolute Gasteiger partial charge is 0.314 e. The Morgan fingerprint density at radius 3 is 2.42 bits per heavy atom. The summed E-state index contributed by atoms with van der Waals surface area (Å²) in [7, 11) is 0. The summed E-state index contributed by atoms with van der Waals surface area (Å²) < 4.78 is 0. The Labute approximate surface area is 75.9 Å². The van der Waals surface area contributed by atoms with E-state index in [1.807, 2.05) is 0 Å². The molecule has 0 bridgehead atoms. The van der Waals surface area contributed by atoms with E-state index in [4.69, 9.17) is 0 Å². The zero-order valence-electron chi connectivity index (χ0n) is 8.40. The Bertz CT molecular complexity index is 150. The topological polar surface area (TPSA) is 12.0 Å². The van der Waals surface area contributed by atoms with Gasteiger partial charge in [-0.3, -0.25) is 0 Å². The zero-order valence-corrected chi connectivity index (χ0v) is 8.40. The molecule has 2 aliphatic rings. The molecule has 2 aliphatic carbocycles. The predicted octanol–water partition coefficient (Wildman–Crippen LogP) is 2.56. The third-order valence-corrected chi connectivity index (χ3v) is 3.67. The van der Waals surface area contributed by atoms with E-state index in [9.17, 15) is 0 Å². The molecular weight excluding hydrogens is 146 g/mol. The van der Waals surface area contributed by atoms with Gasteiger partial charge in [0.15, 0.2) is 0 Å². The van der Waals surface area contributed by atoms with Gasteiger partial charge in [-0.25, -0.2) is 0 Å². The SMILES string of the molecule is CC(C)NCC1CC2(CCC2)C1. The summed E-state index contributed by atoms with van der Waals surface area (Å²) in [5, 5.41) is 3.53. The lowest BCUT2D eigenvalue weighted by atomic mass is 9.52. The van der Waals surface area contributed by atoms with Gasteiger partial charge in [0.1, 0.15) is 0 Å². The van der Waals surface area contributed by atoms with Crippen LogP contribution in [0, 0.1) is 11.3 Å². The first-order chi connectivity index (χ1) is 5.70. The highest BCUT2D eigenvalue weighted by Gasteiger charge is 2.47. The van der Waals surface area contributed by atoms with Crippen LogP contribution in [0.4, 0.5) is 0 Å². The molecule has 0 aromatic rings. The summed E-state index contributed by atoms with van der Waals surface area (Å²) in [5.41, 5.74) is 0.864. The lowest BCUT2D eigenvalue weighted by Crippen LogP contribution is -2.46. The average Bonchev–Trinajstić information content (AvgIpc) is 1.79. The Balaban J connectivity index is 1.62. The highest BCUT2D eigenvalue weighted by atomic mass is 14.9. The Morgan fingerprint density at radius 2 is 2.00 bits per heavy atom. The number of hydrogen-bond donors (Lipinski definition) is 1. The van der Waals surface area contributed by atoms with Crippen molar-refractivity contribution in [2.24, 2.45) is 11.3 Å². The maximum atomic E-state index is 3.53. The molecule has 0 unspecified atom stereocenters. The molecular formula is C11H21N. The summed E-state index contributed by atoms with van der Waals surface area (Å²) in [4.78, 5) is 0. The van der Waals surface area contributed by atoms with Crippen molar-refractivity contribution in [2.45, 2.75) is 52.0 Å². The van der Waals surface area contributed by atoms with E-state index >= 15 is 0 Å². The van der Waals surface area contributed by atoms with E-state index in [1.54, 1.807) is 0 Å². The normalized spacial score (nSPS) is 27.2. The second kappa shape index (κ2) is 3.02. The van der Waals surface area contributed by atoms with Crippen molar-refractivity contribution >= 4 is 0 Å². The van der Waals surface area contributed by atoms with E-state index in [-0.39, 0.29) is 0 Å². The fourth-order valence-electron chi connectivity index (χ4n) is 2.80. The molecule has 70 valence electrons. The van der Waals surface area contributed by atoms with E-state index in [0.717, 1.165) is 11.3 Å². The average molecular weight is 167 g/mol. The third-order valence-electron chi connectivity index (χ3n) is 3.67. The van der Waals surface area contributed by atoms with Crippen LogP contribution in [0.25, 0.3) is 0 Å². The fraction of sp³-hybridized carbons (Fsp3) is 1.00. The Hall–Kier alpha value is -0.0400. The molecule has 0 amide bonds. The van der Waals surface area contributed by atoms with Crippen LogP contribution in [0.15, 0.2) is 0 Å². The van der Waals surface area contributed by atoms with Crippen LogP contribution in [0.2, 0.25) is 0 Å². The summed E-state index contributed by atoms with van der Waals surface area (Å²) in [5.74, 6) is 1.01. The van der Waals surface area contributed by atoms with Gasteiger partial charge in [-0.2, -0.15) is 0 Å². The van der Waals surface area contributed by atoms with Gasteiger partial charge in [-0.15, -0.1) is 0 Å². The molecule has 2 fully saturated rings. The van der Waals surface area contributed by atoms with Gasteiger partial charge < -0.3 is 5.32 Å². The van der Waals surface area contributed by atoms with Crippen molar-refractivity contribution in [2.75, 3.05) is 6.54 Å². The molecule has 0 aliphatic heterocycles. The van der Waals surface area contributed by atoms with Crippen LogP contribution < -0.4 is 5.32 Å². The molecule has 12 heavy (non-hydrogen) atoms. The lowest BCUT2D eigenvalue weighted by Gasteiger charge is -2.54. The molecule has 1 spiro atoms. The summed E-state index contributed by atoms with van der Waals surface area (Å²) in [6, 6.07) is 0.669. The molecule has 1 N–H and O–H groups in total. The van der Waals surface area contributed by atoms with Crippen molar-refractivity contribution in [1.29, 1.82) is 0 Å². The second-order valence-electron chi connectivity index (χ2n) is 5.19. The van der Waals surface area contributed by atoms with Gasteiger partial charge in [0, 0.05) is 6.04 Å². The molecule has 0 heterocycles. The molecule has 0 saturated heterocycles. The minimum atomic E-state index is 0.669. The smallest absolute Gasteiger partial charge is 0.00104 e. The first kappa shape index (κ1) is 8.55. The third kappa shape index (κ3) is 1.52. The minimum absolute atomic E-state index is 0.669. The van der Waals surface area contributed by atoms with Crippen molar-refractivity contribution in [3.8, 4) is 0 Å². The summed E-state index contributed by atoms with van der Waals surface area (Å²) >= 11 is 0. The monoisotopic (exact) mass is 167 g/mol. The predicted molar refractivity (Wildman–Crippen MR) is 52.1 cm³/mol. The van der Waals surface area contributed by atoms with Gasteiger partial charge in [0.2, 0.25) is 0 Å². The van der Waals surface area contributed by atoms with Crippen LogP contribution in [-0.4, -0.2) is 12.6 Å². The molecule has 0 atom stereocenters. The molecule has 0 aromatic heterocycles. The highest BCUT2D eigenvalue weighted by molar-refractivity contribution is 4.99. The Kier molecular flexibility index (Phi) is 2.16. The molecule has 2 saturated carbocycles. The first-order valence-electron chi connectivity index (χ1n) is 5.44. The van der Waals surface area contributed by atoms with E-state index in [2.05, 4.69) is 19.2 Å². The lowest BCUT2D eigenvalue weighted by molar-refractivity contribution is -0.0241. The molecule has 0 radical (unpaired) electrons.